The van der Waals surface area contributed by atoms with Gasteiger partial charge in [0.05, 0.1) is 15.4 Å². The fourth-order valence-electron chi connectivity index (χ4n) is 2.26. The molecule has 0 aliphatic carbocycles. The Kier molecular flexibility index (Phi) is 2.87. The molecule has 0 saturated carbocycles. The number of hydrogen-bond donors (Lipinski definition) is 0. The fourth-order valence-corrected chi connectivity index (χ4v) is 3.52. The molecule has 3 aromatic heterocycles. The number of imidazole rings is 1. The molecule has 104 valence electrons. The summed E-state index contributed by atoms with van der Waals surface area (Å²) in [6.45, 7) is 0. The summed E-state index contributed by atoms with van der Waals surface area (Å²) >= 11 is 8.07. The first-order chi connectivity index (χ1) is 10.2. The maximum atomic E-state index is 6.51. The maximum Gasteiger partial charge on any atom is 0.153 e. The van der Waals surface area contributed by atoms with Crippen LogP contribution in [0.25, 0.3) is 16.6 Å². The minimum atomic E-state index is 0.708. The molecule has 0 N–H and O–H groups in total. The summed E-state index contributed by atoms with van der Waals surface area (Å²) < 4.78 is 3.65. The molecule has 21 heavy (non-hydrogen) atoms. The van der Waals surface area contributed by atoms with Crippen LogP contribution in [0.1, 0.15) is 0 Å². The number of fused-ring (bicyclic) bond motifs is 2. The van der Waals surface area contributed by atoms with Crippen molar-refractivity contribution >= 4 is 39.9 Å². The van der Waals surface area contributed by atoms with Crippen LogP contribution in [0.4, 0.5) is 0 Å². The molecule has 0 aliphatic rings. The molecule has 3 heterocycles. The van der Waals surface area contributed by atoms with Crippen molar-refractivity contribution in [3.05, 3.63) is 48.3 Å². The zero-order chi connectivity index (χ0) is 14.4. The van der Waals surface area contributed by atoms with Gasteiger partial charge < -0.3 is 0 Å². The number of hydrogen-bond acceptors (Lipinski definition) is 4. The molecule has 0 atom stereocenters. The van der Waals surface area contributed by atoms with Gasteiger partial charge in [-0.05, 0) is 12.1 Å². The van der Waals surface area contributed by atoms with Gasteiger partial charge in [-0.15, -0.1) is 0 Å². The number of aryl methyl sites for hydroxylation is 1. The summed E-state index contributed by atoms with van der Waals surface area (Å²) in [4.78, 5) is 10.5. The van der Waals surface area contributed by atoms with Gasteiger partial charge in [0, 0.05) is 42.1 Å². The SMILES string of the molecule is Cn1cc2c(Cl)c(Sc3cncn4ccnc34)ccc2n1. The Balaban J connectivity index is 1.84. The second-order valence-corrected chi connectivity index (χ2v) is 6.09. The van der Waals surface area contributed by atoms with Crippen LogP contribution in [0.15, 0.2) is 53.0 Å². The first kappa shape index (κ1) is 12.7. The lowest BCUT2D eigenvalue weighted by Gasteiger charge is -2.05. The quantitative estimate of drug-likeness (QED) is 0.568. The molecule has 0 saturated heterocycles. The number of aromatic nitrogens is 5. The Morgan fingerprint density at radius 3 is 3.05 bits per heavy atom. The Morgan fingerprint density at radius 2 is 2.14 bits per heavy atom. The first-order valence-corrected chi connectivity index (χ1v) is 7.48. The van der Waals surface area contributed by atoms with Gasteiger partial charge in [-0.3, -0.25) is 9.08 Å². The Labute approximate surface area is 129 Å². The van der Waals surface area contributed by atoms with E-state index in [2.05, 4.69) is 15.1 Å². The van der Waals surface area contributed by atoms with Gasteiger partial charge in [0.2, 0.25) is 0 Å². The molecule has 5 nitrogen and oxygen atoms in total. The lowest BCUT2D eigenvalue weighted by molar-refractivity contribution is 0.780. The van der Waals surface area contributed by atoms with Gasteiger partial charge in [-0.25, -0.2) is 9.97 Å². The van der Waals surface area contributed by atoms with Crippen molar-refractivity contribution in [2.24, 2.45) is 7.05 Å². The minimum Gasteiger partial charge on any atom is -0.290 e. The zero-order valence-electron chi connectivity index (χ0n) is 11.1. The summed E-state index contributed by atoms with van der Waals surface area (Å²) in [5.74, 6) is 0. The third-order valence-corrected chi connectivity index (χ3v) is 4.78. The molecule has 0 unspecified atom stereocenters. The molecular weight excluding hydrogens is 306 g/mol. The highest BCUT2D eigenvalue weighted by Crippen LogP contribution is 2.38. The van der Waals surface area contributed by atoms with Crippen molar-refractivity contribution in [3.8, 4) is 0 Å². The van der Waals surface area contributed by atoms with Crippen LogP contribution in [0.3, 0.4) is 0 Å². The third-order valence-electron chi connectivity index (χ3n) is 3.19. The van der Waals surface area contributed by atoms with Gasteiger partial charge in [-0.1, -0.05) is 23.4 Å². The van der Waals surface area contributed by atoms with E-state index >= 15 is 0 Å². The van der Waals surface area contributed by atoms with Crippen LogP contribution in [-0.2, 0) is 7.05 Å². The van der Waals surface area contributed by atoms with E-state index < -0.39 is 0 Å². The van der Waals surface area contributed by atoms with E-state index in [0.717, 1.165) is 26.3 Å². The van der Waals surface area contributed by atoms with Crippen LogP contribution in [0.2, 0.25) is 5.02 Å². The second kappa shape index (κ2) is 4.75. The molecule has 0 fully saturated rings. The van der Waals surface area contributed by atoms with Crippen molar-refractivity contribution in [1.82, 2.24) is 24.1 Å². The topological polar surface area (TPSA) is 48.0 Å². The Bertz CT molecular complexity index is 958. The summed E-state index contributed by atoms with van der Waals surface area (Å²) in [6.07, 6.45) is 9.09. The van der Waals surface area contributed by atoms with Crippen LogP contribution < -0.4 is 0 Å². The molecule has 4 aromatic rings. The van der Waals surface area contributed by atoms with E-state index in [4.69, 9.17) is 11.6 Å². The smallest absolute Gasteiger partial charge is 0.153 e. The maximum absolute atomic E-state index is 6.51. The second-order valence-electron chi connectivity index (χ2n) is 4.63. The zero-order valence-corrected chi connectivity index (χ0v) is 12.6. The van der Waals surface area contributed by atoms with Crippen molar-refractivity contribution in [2.75, 3.05) is 0 Å². The van der Waals surface area contributed by atoms with E-state index in [0.29, 0.717) is 5.02 Å². The number of nitrogens with zero attached hydrogens (tertiary/aromatic N) is 5. The van der Waals surface area contributed by atoms with Crippen molar-refractivity contribution in [1.29, 1.82) is 0 Å². The predicted molar refractivity (Wildman–Crippen MR) is 82.8 cm³/mol. The third kappa shape index (κ3) is 2.07. The Morgan fingerprint density at radius 1 is 1.24 bits per heavy atom. The lowest BCUT2D eigenvalue weighted by Crippen LogP contribution is -1.88. The van der Waals surface area contributed by atoms with Crippen LogP contribution >= 0.6 is 23.4 Å². The number of rotatable bonds is 2. The molecule has 4 rings (SSSR count). The van der Waals surface area contributed by atoms with E-state index in [1.54, 1.807) is 35.2 Å². The lowest BCUT2D eigenvalue weighted by atomic mass is 10.2. The standard InChI is InChI=1S/C14H10ClN5S/c1-19-7-9-10(18-19)2-3-11(13(9)15)21-12-6-16-8-20-5-4-17-14(12)20/h2-8H,1H3. The van der Waals surface area contributed by atoms with Gasteiger partial charge in [0.15, 0.2) is 5.65 Å². The summed E-state index contributed by atoms with van der Waals surface area (Å²) in [5, 5.41) is 6.02. The molecule has 7 heteroatoms. The highest BCUT2D eigenvalue weighted by molar-refractivity contribution is 7.99. The molecule has 1 aromatic carbocycles. The van der Waals surface area contributed by atoms with Gasteiger partial charge in [0.25, 0.3) is 0 Å². The average molecular weight is 316 g/mol. The van der Waals surface area contributed by atoms with Crippen molar-refractivity contribution in [3.63, 3.8) is 0 Å². The molecule has 0 amide bonds. The van der Waals surface area contributed by atoms with Crippen molar-refractivity contribution < 1.29 is 0 Å². The molecular formula is C14H10ClN5S. The normalized spacial score (nSPS) is 11.5. The van der Waals surface area contributed by atoms with E-state index in [9.17, 15) is 0 Å². The van der Waals surface area contributed by atoms with Crippen LogP contribution in [0.5, 0.6) is 0 Å². The fraction of sp³-hybridized carbons (Fsp3) is 0.0714. The summed E-state index contributed by atoms with van der Waals surface area (Å²) in [7, 11) is 1.89. The average Bonchev–Trinajstić information content (AvgIpc) is 3.08. The molecule has 0 radical (unpaired) electrons. The minimum absolute atomic E-state index is 0.708. The number of halogens is 1. The van der Waals surface area contributed by atoms with Gasteiger partial charge in [0.1, 0.15) is 6.33 Å². The first-order valence-electron chi connectivity index (χ1n) is 6.29. The highest BCUT2D eigenvalue weighted by atomic mass is 35.5. The predicted octanol–water partition coefficient (Wildman–Crippen LogP) is 3.42. The van der Waals surface area contributed by atoms with E-state index in [1.165, 1.54) is 0 Å². The largest absolute Gasteiger partial charge is 0.290 e. The van der Waals surface area contributed by atoms with Crippen LogP contribution in [-0.4, -0.2) is 24.1 Å². The molecule has 0 aliphatic heterocycles. The summed E-state index contributed by atoms with van der Waals surface area (Å²) in [6, 6.07) is 3.96. The van der Waals surface area contributed by atoms with E-state index in [-0.39, 0.29) is 0 Å². The monoisotopic (exact) mass is 315 g/mol. The molecule has 0 spiro atoms. The number of benzene rings is 1. The van der Waals surface area contributed by atoms with Crippen LogP contribution in [0, 0.1) is 0 Å². The van der Waals surface area contributed by atoms with Gasteiger partial charge in [-0.2, -0.15) is 5.10 Å². The molecule has 0 bridgehead atoms. The van der Waals surface area contributed by atoms with Crippen molar-refractivity contribution in [2.45, 2.75) is 9.79 Å². The van der Waals surface area contributed by atoms with E-state index in [1.807, 2.05) is 36.0 Å². The highest BCUT2D eigenvalue weighted by Gasteiger charge is 2.12. The summed E-state index contributed by atoms with van der Waals surface area (Å²) in [5.41, 5.74) is 1.77. The Hall–Kier alpha value is -2.05. The van der Waals surface area contributed by atoms with Gasteiger partial charge >= 0.3 is 0 Å².